The van der Waals surface area contributed by atoms with Crippen LogP contribution < -0.4 is 21.7 Å². The summed E-state index contributed by atoms with van der Waals surface area (Å²) in [6.45, 7) is 9.97. The highest BCUT2D eigenvalue weighted by molar-refractivity contribution is 7.80. The van der Waals surface area contributed by atoms with Gasteiger partial charge in [0.2, 0.25) is 11.8 Å². The third-order valence-corrected chi connectivity index (χ3v) is 6.53. The zero-order chi connectivity index (χ0) is 38.4. The first-order chi connectivity index (χ1) is 24.0. The summed E-state index contributed by atoms with van der Waals surface area (Å²) in [6, 6.07) is 0. The zero-order valence-electron chi connectivity index (χ0n) is 29.7. The number of amides is 6. The lowest BCUT2D eigenvalue weighted by molar-refractivity contribution is -0.138. The number of thiol groups is 1. The maximum atomic E-state index is 11.5. The first-order valence-corrected chi connectivity index (χ1v) is 17.3. The molecule has 0 unspecified atom stereocenters. The molecule has 14 nitrogen and oxygen atoms in total. The minimum absolute atomic E-state index is 0.0131. The van der Waals surface area contributed by atoms with Gasteiger partial charge in [-0.1, -0.05) is 44.6 Å². The molecule has 2 rings (SSSR count). The standard InChI is InChI=1S/C14H31N3O.C7H8N2O3.C7H7NO3.C4H6.C3H6OS/c1-15-11-7-3-4-9-13-17-14(18)10-6-5-8-12-16-2;8-5(10)3-4-9-6(11)1-2-7(9)12;9-5-1-4-8-6(10)2-3-7(8)11;1-3-4-2;4-2-1-3-5/h15-16H,3-13H2,1-2H3,(H,17,18);1-2H,3-4H2,(H2,8,10);2-3,5H,1,4H2;3-4H,1-2H2;2,5H,1,3H2. The molecule has 5 N–H and O–H groups in total. The summed E-state index contributed by atoms with van der Waals surface area (Å²) in [5.41, 5.74) is 4.85. The Balaban J connectivity index is -0.000000603. The number of hydrogen-bond acceptors (Lipinski definition) is 11. The lowest BCUT2D eigenvalue weighted by Crippen LogP contribution is -2.33. The Hall–Kier alpha value is -4.21. The number of unbranched alkanes of at least 4 members (excludes halogenated alkanes) is 5. The largest absolute Gasteiger partial charge is 0.370 e. The molecule has 0 saturated heterocycles. The second-order valence-corrected chi connectivity index (χ2v) is 10.9. The summed E-state index contributed by atoms with van der Waals surface area (Å²) in [5.74, 6) is -1.09. The van der Waals surface area contributed by atoms with Crippen molar-refractivity contribution in [3.63, 3.8) is 0 Å². The van der Waals surface area contributed by atoms with Crippen molar-refractivity contribution in [1.82, 2.24) is 25.8 Å². The summed E-state index contributed by atoms with van der Waals surface area (Å²) >= 11 is 3.77. The molecule has 0 fully saturated rings. The van der Waals surface area contributed by atoms with Gasteiger partial charge in [-0.05, 0) is 58.6 Å². The smallest absolute Gasteiger partial charge is 0.253 e. The molecule has 2 aliphatic heterocycles. The highest BCUT2D eigenvalue weighted by atomic mass is 32.1. The second-order valence-electron chi connectivity index (χ2n) is 10.4. The number of imide groups is 2. The summed E-state index contributed by atoms with van der Waals surface area (Å²) in [7, 11) is 3.94. The average Bonchev–Trinajstić information content (AvgIpc) is 3.60. The van der Waals surface area contributed by atoms with E-state index in [9.17, 15) is 38.4 Å². The van der Waals surface area contributed by atoms with E-state index < -0.39 is 5.91 Å². The van der Waals surface area contributed by atoms with Gasteiger partial charge in [-0.3, -0.25) is 38.6 Å². The maximum absolute atomic E-state index is 11.5. The number of hydrogen-bond donors (Lipinski definition) is 5. The van der Waals surface area contributed by atoms with E-state index in [1.54, 1.807) is 12.2 Å². The lowest BCUT2D eigenvalue weighted by atomic mass is 10.1. The quantitative estimate of drug-likeness (QED) is 0.0360. The highest BCUT2D eigenvalue weighted by Crippen LogP contribution is 2.04. The van der Waals surface area contributed by atoms with Crippen LogP contribution in [-0.4, -0.2) is 110 Å². The molecule has 0 aromatic carbocycles. The van der Waals surface area contributed by atoms with Gasteiger partial charge in [-0.25, -0.2) is 0 Å². The average molecular weight is 723 g/mol. The molecular weight excluding hydrogens is 664 g/mol. The van der Waals surface area contributed by atoms with Crippen LogP contribution in [0.25, 0.3) is 0 Å². The Morgan fingerprint density at radius 3 is 1.46 bits per heavy atom. The molecule has 0 radical (unpaired) electrons. The van der Waals surface area contributed by atoms with Gasteiger partial charge in [0.25, 0.3) is 23.6 Å². The number of nitrogens with zero attached hydrogens (tertiary/aromatic N) is 2. The van der Waals surface area contributed by atoms with Crippen molar-refractivity contribution in [2.24, 2.45) is 5.73 Å². The number of nitrogens with one attached hydrogen (secondary N) is 3. The topological polar surface area (TPSA) is 205 Å². The maximum Gasteiger partial charge on any atom is 0.253 e. The minimum Gasteiger partial charge on any atom is -0.370 e. The number of allylic oxidation sites excluding steroid dienone is 2. The Morgan fingerprint density at radius 2 is 1.10 bits per heavy atom. The van der Waals surface area contributed by atoms with E-state index in [4.69, 9.17) is 5.73 Å². The zero-order valence-corrected chi connectivity index (χ0v) is 30.6. The predicted molar refractivity (Wildman–Crippen MR) is 199 cm³/mol. The van der Waals surface area contributed by atoms with E-state index in [1.165, 1.54) is 43.6 Å². The SMILES string of the molecule is C=CC=C.CNCCCCCCNC(=O)CCCCCNC.NC(=O)CCN1C(=O)C=CC1=O.O=CCCN1C(=O)C=CC1=O.O=CCCS. The van der Waals surface area contributed by atoms with Gasteiger partial charge in [0.1, 0.15) is 12.6 Å². The Morgan fingerprint density at radius 1 is 0.680 bits per heavy atom. The van der Waals surface area contributed by atoms with E-state index in [0.29, 0.717) is 24.9 Å². The number of aldehydes is 2. The first kappa shape index (κ1) is 50.2. The summed E-state index contributed by atoms with van der Waals surface area (Å²) in [6.07, 6.45) is 19.1. The molecule has 0 aliphatic carbocycles. The van der Waals surface area contributed by atoms with Crippen LogP contribution in [0.4, 0.5) is 0 Å². The van der Waals surface area contributed by atoms with E-state index in [1.807, 2.05) is 14.1 Å². The van der Waals surface area contributed by atoms with Crippen molar-refractivity contribution in [2.75, 3.05) is 52.6 Å². The van der Waals surface area contributed by atoms with Gasteiger partial charge in [0.05, 0.1) is 0 Å². The van der Waals surface area contributed by atoms with Crippen molar-refractivity contribution < 1.29 is 38.4 Å². The van der Waals surface area contributed by atoms with Gasteiger partial charge in [-0.2, -0.15) is 12.6 Å². The first-order valence-electron chi connectivity index (χ1n) is 16.6. The van der Waals surface area contributed by atoms with Crippen LogP contribution in [0, 0.1) is 0 Å². The predicted octanol–water partition coefficient (Wildman–Crippen LogP) is 1.81. The molecule has 0 saturated carbocycles. The molecule has 0 spiro atoms. The minimum atomic E-state index is -0.525. The van der Waals surface area contributed by atoms with Crippen LogP contribution in [0.1, 0.15) is 70.6 Å². The van der Waals surface area contributed by atoms with E-state index >= 15 is 0 Å². The highest BCUT2D eigenvalue weighted by Gasteiger charge is 2.23. The molecule has 2 aliphatic rings. The Labute approximate surface area is 302 Å². The molecule has 0 aromatic rings. The fraction of sp³-hybridized carbons (Fsp3) is 0.543. The third-order valence-electron chi connectivity index (χ3n) is 6.27. The second kappa shape index (κ2) is 37.6. The summed E-state index contributed by atoms with van der Waals surface area (Å²) < 4.78 is 0. The van der Waals surface area contributed by atoms with Crippen LogP contribution in [0.2, 0.25) is 0 Å². The van der Waals surface area contributed by atoms with E-state index in [-0.39, 0.29) is 55.5 Å². The molecule has 0 bridgehead atoms. The van der Waals surface area contributed by atoms with Gasteiger partial charge >= 0.3 is 0 Å². The number of carbonyl (C=O) groups is 8. The molecule has 0 atom stereocenters. The number of primary amides is 1. The fourth-order valence-electron chi connectivity index (χ4n) is 3.62. The molecule has 2 heterocycles. The number of nitrogens with two attached hydrogens (primary N) is 1. The molecule has 0 aromatic heterocycles. The normalized spacial score (nSPS) is 12.3. The molecule has 6 amide bonds. The monoisotopic (exact) mass is 722 g/mol. The lowest BCUT2D eigenvalue weighted by Gasteiger charge is -2.11. The Bertz CT molecular complexity index is 1060. The van der Waals surface area contributed by atoms with Crippen molar-refractivity contribution in [3.8, 4) is 0 Å². The third kappa shape index (κ3) is 32.3. The number of rotatable bonds is 22. The van der Waals surface area contributed by atoms with Gasteiger partial charge < -0.3 is 31.3 Å². The van der Waals surface area contributed by atoms with Crippen molar-refractivity contribution in [2.45, 2.75) is 70.6 Å². The Kier molecular flexibility index (Phi) is 37.7. The van der Waals surface area contributed by atoms with Crippen LogP contribution in [0.3, 0.4) is 0 Å². The molecule has 15 heteroatoms. The summed E-state index contributed by atoms with van der Waals surface area (Å²) in [4.78, 5) is 86.4. The van der Waals surface area contributed by atoms with E-state index in [0.717, 1.165) is 61.4 Å². The molecule has 50 heavy (non-hydrogen) atoms. The van der Waals surface area contributed by atoms with Crippen molar-refractivity contribution >= 4 is 60.6 Å². The molecular formula is C35H58N6O8S. The fourth-order valence-corrected chi connectivity index (χ4v) is 3.73. The van der Waals surface area contributed by atoms with Gasteiger partial charge in [0.15, 0.2) is 0 Å². The van der Waals surface area contributed by atoms with Crippen LogP contribution in [0.15, 0.2) is 49.6 Å². The van der Waals surface area contributed by atoms with Crippen LogP contribution >= 0.6 is 12.6 Å². The van der Waals surface area contributed by atoms with Crippen LogP contribution in [0.5, 0.6) is 0 Å². The molecule has 282 valence electrons. The van der Waals surface area contributed by atoms with Crippen molar-refractivity contribution in [1.29, 1.82) is 0 Å². The van der Waals surface area contributed by atoms with Gasteiger partial charge in [0, 0.05) is 69.6 Å². The van der Waals surface area contributed by atoms with Gasteiger partial charge in [-0.15, -0.1) is 0 Å². The van der Waals surface area contributed by atoms with Crippen LogP contribution in [-0.2, 0) is 38.4 Å². The summed E-state index contributed by atoms with van der Waals surface area (Å²) in [5, 5.41) is 9.25. The van der Waals surface area contributed by atoms with E-state index in [2.05, 4.69) is 41.7 Å². The number of carbonyl (C=O) groups excluding carboxylic acids is 8. The van der Waals surface area contributed by atoms with Crippen molar-refractivity contribution in [3.05, 3.63) is 49.6 Å².